The Labute approximate surface area is 164 Å². The predicted molar refractivity (Wildman–Crippen MR) is 112 cm³/mol. The average molecular weight is 380 g/mol. The summed E-state index contributed by atoms with van der Waals surface area (Å²) in [6.45, 7) is 5.81. The van der Waals surface area contributed by atoms with Gasteiger partial charge < -0.3 is 14.8 Å². The highest BCUT2D eigenvalue weighted by molar-refractivity contribution is 7.80. The fraction of sp³-hybridized carbons (Fsp3) is 0.227. The Morgan fingerprint density at radius 1 is 1.07 bits per heavy atom. The van der Waals surface area contributed by atoms with E-state index in [-0.39, 0.29) is 11.9 Å². The normalized spacial score (nSPS) is 16.1. The van der Waals surface area contributed by atoms with Gasteiger partial charge in [-0.3, -0.25) is 0 Å². The number of hydrogen-bond acceptors (Lipinski definition) is 1. The van der Waals surface area contributed by atoms with Crippen LogP contribution in [0, 0.1) is 19.7 Å². The van der Waals surface area contributed by atoms with Crippen molar-refractivity contribution in [2.75, 3.05) is 11.9 Å². The maximum absolute atomic E-state index is 13.5. The first kappa shape index (κ1) is 17.7. The average Bonchev–Trinajstić information content (AvgIpc) is 3.13. The number of aromatic nitrogens is 1. The SMILES string of the molecule is Cc1ccc(C)c(NC(=S)N2CCn3cccc3[C@H]2c2ccc(F)cc2)c1. The molecule has 138 valence electrons. The van der Waals surface area contributed by atoms with Crippen molar-refractivity contribution in [3.8, 4) is 0 Å². The first-order valence-electron chi connectivity index (χ1n) is 9.08. The van der Waals surface area contributed by atoms with Gasteiger partial charge >= 0.3 is 0 Å². The second-order valence-electron chi connectivity index (χ2n) is 7.02. The maximum Gasteiger partial charge on any atom is 0.174 e. The molecule has 1 atom stereocenters. The van der Waals surface area contributed by atoms with Crippen LogP contribution in [0.3, 0.4) is 0 Å². The zero-order chi connectivity index (χ0) is 19.0. The van der Waals surface area contributed by atoms with E-state index < -0.39 is 0 Å². The van der Waals surface area contributed by atoms with Gasteiger partial charge in [-0.2, -0.15) is 0 Å². The van der Waals surface area contributed by atoms with Gasteiger partial charge in [-0.15, -0.1) is 0 Å². The fourth-order valence-corrected chi connectivity index (χ4v) is 3.96. The van der Waals surface area contributed by atoms with Crippen LogP contribution >= 0.6 is 12.2 Å². The Morgan fingerprint density at radius 2 is 1.85 bits per heavy atom. The minimum Gasteiger partial charge on any atom is -0.348 e. The molecule has 3 aromatic rings. The molecule has 2 aromatic carbocycles. The van der Waals surface area contributed by atoms with Gasteiger partial charge in [0.2, 0.25) is 0 Å². The summed E-state index contributed by atoms with van der Waals surface area (Å²) in [7, 11) is 0. The van der Waals surface area contributed by atoms with Crippen molar-refractivity contribution in [2.45, 2.75) is 26.4 Å². The number of halogens is 1. The fourth-order valence-electron chi connectivity index (χ4n) is 3.66. The largest absolute Gasteiger partial charge is 0.348 e. The van der Waals surface area contributed by atoms with Gasteiger partial charge in [0.15, 0.2) is 5.11 Å². The molecule has 0 saturated heterocycles. The summed E-state index contributed by atoms with van der Waals surface area (Å²) in [5.41, 5.74) is 5.56. The molecule has 3 nitrogen and oxygen atoms in total. The van der Waals surface area contributed by atoms with Gasteiger partial charge in [-0.05, 0) is 73.1 Å². The van der Waals surface area contributed by atoms with E-state index in [0.717, 1.165) is 35.6 Å². The standard InChI is InChI=1S/C22H22FN3S/c1-15-5-6-16(2)19(14-15)24-22(27)26-13-12-25-11-3-4-20(25)21(26)17-7-9-18(23)10-8-17/h3-11,14,21H,12-13H2,1-2H3,(H,24,27)/t21-/m1/s1. The summed E-state index contributed by atoms with van der Waals surface area (Å²) in [6.07, 6.45) is 2.09. The van der Waals surface area contributed by atoms with Crippen LogP contribution in [0.4, 0.5) is 10.1 Å². The minimum atomic E-state index is -0.229. The van der Waals surface area contributed by atoms with Crippen molar-refractivity contribution in [1.82, 2.24) is 9.47 Å². The Hall–Kier alpha value is -2.66. The van der Waals surface area contributed by atoms with E-state index in [0.29, 0.717) is 5.11 Å². The van der Waals surface area contributed by atoms with Crippen LogP contribution in [-0.4, -0.2) is 21.1 Å². The molecule has 1 N–H and O–H groups in total. The van der Waals surface area contributed by atoms with Crippen LogP contribution in [0.25, 0.3) is 0 Å². The number of nitrogens with zero attached hydrogens (tertiary/aromatic N) is 2. The summed E-state index contributed by atoms with van der Waals surface area (Å²) in [6, 6.07) is 17.1. The molecule has 0 unspecified atom stereocenters. The topological polar surface area (TPSA) is 20.2 Å². The number of aryl methyl sites for hydroxylation is 2. The molecule has 0 saturated carbocycles. The van der Waals surface area contributed by atoms with Crippen molar-refractivity contribution < 1.29 is 4.39 Å². The number of hydrogen-bond donors (Lipinski definition) is 1. The van der Waals surface area contributed by atoms with Crippen molar-refractivity contribution in [3.63, 3.8) is 0 Å². The second-order valence-corrected chi connectivity index (χ2v) is 7.41. The number of benzene rings is 2. The minimum absolute atomic E-state index is 0.0422. The lowest BCUT2D eigenvalue weighted by atomic mass is 10.0. The Kier molecular flexibility index (Phi) is 4.70. The molecule has 1 aromatic heterocycles. The second kappa shape index (κ2) is 7.16. The molecule has 0 radical (unpaired) electrons. The highest BCUT2D eigenvalue weighted by Gasteiger charge is 2.30. The molecule has 0 bridgehead atoms. The van der Waals surface area contributed by atoms with E-state index in [4.69, 9.17) is 12.2 Å². The Balaban J connectivity index is 1.68. The van der Waals surface area contributed by atoms with E-state index in [2.05, 4.69) is 65.2 Å². The van der Waals surface area contributed by atoms with Gasteiger partial charge in [0.1, 0.15) is 5.82 Å². The quantitative estimate of drug-likeness (QED) is 0.630. The monoisotopic (exact) mass is 379 g/mol. The molecule has 5 heteroatoms. The van der Waals surface area contributed by atoms with Crippen LogP contribution in [-0.2, 0) is 6.54 Å². The molecule has 0 fully saturated rings. The number of rotatable bonds is 2. The van der Waals surface area contributed by atoms with Gasteiger partial charge in [0.05, 0.1) is 6.04 Å². The molecule has 27 heavy (non-hydrogen) atoms. The summed E-state index contributed by atoms with van der Waals surface area (Å²) in [5.74, 6) is -0.229. The molecule has 0 aliphatic carbocycles. The number of nitrogens with one attached hydrogen (secondary N) is 1. The molecular weight excluding hydrogens is 357 g/mol. The third-order valence-corrected chi connectivity index (χ3v) is 5.46. The molecule has 2 heterocycles. The lowest BCUT2D eigenvalue weighted by molar-refractivity contribution is 0.293. The number of fused-ring (bicyclic) bond motifs is 1. The van der Waals surface area contributed by atoms with Crippen LogP contribution in [0.1, 0.15) is 28.4 Å². The van der Waals surface area contributed by atoms with Crippen molar-refractivity contribution in [2.24, 2.45) is 0 Å². The van der Waals surface area contributed by atoms with Crippen LogP contribution < -0.4 is 5.32 Å². The molecule has 1 aliphatic heterocycles. The highest BCUT2D eigenvalue weighted by Crippen LogP contribution is 2.33. The van der Waals surface area contributed by atoms with Crippen molar-refractivity contribution in [3.05, 3.63) is 89.0 Å². The summed E-state index contributed by atoms with van der Waals surface area (Å²) >= 11 is 5.80. The highest BCUT2D eigenvalue weighted by atomic mass is 32.1. The lowest BCUT2D eigenvalue weighted by Crippen LogP contribution is -2.44. The van der Waals surface area contributed by atoms with E-state index in [9.17, 15) is 4.39 Å². The Morgan fingerprint density at radius 3 is 2.63 bits per heavy atom. The van der Waals surface area contributed by atoms with E-state index in [1.54, 1.807) is 0 Å². The summed E-state index contributed by atoms with van der Waals surface area (Å²) in [5, 5.41) is 4.11. The molecule has 1 aliphatic rings. The number of anilines is 1. The van der Waals surface area contributed by atoms with E-state index in [1.807, 2.05) is 12.1 Å². The zero-order valence-corrected chi connectivity index (χ0v) is 16.3. The summed E-state index contributed by atoms with van der Waals surface area (Å²) < 4.78 is 15.7. The third-order valence-electron chi connectivity index (χ3n) is 5.12. The molecule has 0 amide bonds. The van der Waals surface area contributed by atoms with Gasteiger partial charge in [0, 0.05) is 30.7 Å². The van der Waals surface area contributed by atoms with Gasteiger partial charge in [0.25, 0.3) is 0 Å². The predicted octanol–water partition coefficient (Wildman–Crippen LogP) is 5.05. The van der Waals surface area contributed by atoms with E-state index in [1.165, 1.54) is 17.7 Å². The van der Waals surface area contributed by atoms with Crippen LogP contribution in [0.5, 0.6) is 0 Å². The maximum atomic E-state index is 13.5. The summed E-state index contributed by atoms with van der Waals surface area (Å²) in [4.78, 5) is 2.19. The van der Waals surface area contributed by atoms with Crippen LogP contribution in [0.15, 0.2) is 60.8 Å². The number of thiocarbonyl (C=S) groups is 1. The van der Waals surface area contributed by atoms with Crippen molar-refractivity contribution >= 4 is 23.0 Å². The first-order valence-corrected chi connectivity index (χ1v) is 9.49. The Bertz CT molecular complexity index is 977. The lowest BCUT2D eigenvalue weighted by Gasteiger charge is -2.39. The van der Waals surface area contributed by atoms with Gasteiger partial charge in [-0.1, -0.05) is 24.3 Å². The third kappa shape index (κ3) is 3.47. The van der Waals surface area contributed by atoms with Crippen LogP contribution in [0.2, 0.25) is 0 Å². The van der Waals surface area contributed by atoms with Gasteiger partial charge in [-0.25, -0.2) is 4.39 Å². The van der Waals surface area contributed by atoms with E-state index >= 15 is 0 Å². The molecular formula is C22H22FN3S. The molecule has 4 rings (SSSR count). The van der Waals surface area contributed by atoms with Crippen molar-refractivity contribution in [1.29, 1.82) is 0 Å². The smallest absolute Gasteiger partial charge is 0.174 e. The first-order chi connectivity index (χ1) is 13.0. The zero-order valence-electron chi connectivity index (χ0n) is 15.4. The molecule has 0 spiro atoms.